The maximum atomic E-state index is 12.5. The zero-order valence-corrected chi connectivity index (χ0v) is 15.7. The molecule has 0 bridgehead atoms. The Labute approximate surface area is 157 Å². The van der Waals surface area contributed by atoms with E-state index in [0.29, 0.717) is 31.6 Å². The lowest BCUT2D eigenvalue weighted by atomic mass is 9.94. The van der Waals surface area contributed by atoms with E-state index in [1.165, 1.54) is 18.2 Å². The van der Waals surface area contributed by atoms with Crippen LogP contribution in [0.2, 0.25) is 0 Å². The minimum absolute atomic E-state index is 0.00114. The lowest BCUT2D eigenvalue weighted by molar-refractivity contribution is -0.385. The maximum absolute atomic E-state index is 12.5. The van der Waals surface area contributed by atoms with Gasteiger partial charge in [-0.05, 0) is 44.2 Å². The summed E-state index contributed by atoms with van der Waals surface area (Å²) in [5, 5.41) is 10.8. The Morgan fingerprint density at radius 3 is 2.56 bits per heavy atom. The minimum atomic E-state index is -3.80. The summed E-state index contributed by atoms with van der Waals surface area (Å²) in [6.45, 7) is 1.95. The van der Waals surface area contributed by atoms with Crippen LogP contribution in [0.4, 0.5) is 5.69 Å². The van der Waals surface area contributed by atoms with Gasteiger partial charge in [0.25, 0.3) is 5.69 Å². The van der Waals surface area contributed by atoms with Gasteiger partial charge in [-0.25, -0.2) is 18.1 Å². The summed E-state index contributed by atoms with van der Waals surface area (Å²) in [6, 6.07) is 8.59. The van der Waals surface area contributed by atoms with Gasteiger partial charge in [0.05, 0.1) is 9.82 Å². The largest absolute Gasteiger partial charge is 0.474 e. The quantitative estimate of drug-likeness (QED) is 0.598. The Morgan fingerprint density at radius 2 is 1.93 bits per heavy atom. The molecule has 0 unspecified atom stereocenters. The van der Waals surface area contributed by atoms with Crippen molar-refractivity contribution in [2.24, 2.45) is 0 Å². The molecule has 1 fully saturated rings. The van der Waals surface area contributed by atoms with Crippen LogP contribution in [0.25, 0.3) is 0 Å². The van der Waals surface area contributed by atoms with E-state index < -0.39 is 14.9 Å². The van der Waals surface area contributed by atoms with Crippen molar-refractivity contribution in [1.29, 1.82) is 0 Å². The predicted octanol–water partition coefficient (Wildman–Crippen LogP) is 2.97. The second-order valence-electron chi connectivity index (χ2n) is 6.64. The summed E-state index contributed by atoms with van der Waals surface area (Å²) in [4.78, 5) is 14.4. The molecule has 1 aliphatic carbocycles. The lowest BCUT2D eigenvalue weighted by Gasteiger charge is -2.29. The van der Waals surface area contributed by atoms with Gasteiger partial charge in [0, 0.05) is 30.4 Å². The number of nitrogens with zero attached hydrogens (tertiary/aromatic N) is 2. The first-order chi connectivity index (χ1) is 12.8. The third-order valence-electron chi connectivity index (χ3n) is 4.51. The van der Waals surface area contributed by atoms with Crippen molar-refractivity contribution < 1.29 is 18.1 Å². The molecule has 0 saturated heterocycles. The molecule has 3 rings (SSSR count). The number of benzene rings is 1. The first-order valence-corrected chi connectivity index (χ1v) is 10.2. The highest BCUT2D eigenvalue weighted by atomic mass is 32.2. The van der Waals surface area contributed by atoms with E-state index >= 15 is 0 Å². The fourth-order valence-electron chi connectivity index (χ4n) is 3.04. The Morgan fingerprint density at radius 1 is 1.19 bits per heavy atom. The van der Waals surface area contributed by atoms with Gasteiger partial charge < -0.3 is 4.74 Å². The van der Waals surface area contributed by atoms with Crippen LogP contribution in [-0.4, -0.2) is 30.5 Å². The normalized spacial score (nSPS) is 20.2. The van der Waals surface area contributed by atoms with Crippen LogP contribution in [0.5, 0.6) is 5.88 Å². The van der Waals surface area contributed by atoms with Crippen molar-refractivity contribution >= 4 is 15.7 Å². The fourth-order valence-corrected chi connectivity index (χ4v) is 4.39. The third-order valence-corrected chi connectivity index (χ3v) is 6.02. The second-order valence-corrected chi connectivity index (χ2v) is 8.36. The molecular formula is C18H21N3O5S. The number of aryl methyl sites for hydroxylation is 1. The number of pyridine rings is 1. The highest BCUT2D eigenvalue weighted by molar-refractivity contribution is 7.89. The van der Waals surface area contributed by atoms with Crippen LogP contribution in [-0.2, 0) is 10.0 Å². The molecule has 0 aliphatic heterocycles. The highest BCUT2D eigenvalue weighted by Gasteiger charge is 2.27. The first-order valence-electron chi connectivity index (χ1n) is 8.69. The SMILES string of the molecule is Cc1ccc(OC2CCC(NS(=O)(=O)c3cccc([N+](=O)[O-])c3)CC2)nc1. The molecule has 8 nitrogen and oxygen atoms in total. The molecule has 1 saturated carbocycles. The molecule has 0 amide bonds. The smallest absolute Gasteiger partial charge is 0.270 e. The summed E-state index contributed by atoms with van der Waals surface area (Å²) in [6.07, 6.45) is 4.41. The van der Waals surface area contributed by atoms with Crippen LogP contribution in [0.1, 0.15) is 31.2 Å². The second kappa shape index (κ2) is 8.01. The Hall–Kier alpha value is -2.52. The number of sulfonamides is 1. The summed E-state index contributed by atoms with van der Waals surface area (Å²) < 4.78 is 33.5. The molecule has 0 radical (unpaired) electrons. The molecule has 1 heterocycles. The number of nitrogens with one attached hydrogen (secondary N) is 1. The molecule has 1 aromatic heterocycles. The number of hydrogen-bond donors (Lipinski definition) is 1. The van der Waals surface area contributed by atoms with Crippen LogP contribution >= 0.6 is 0 Å². The van der Waals surface area contributed by atoms with Gasteiger partial charge in [0.15, 0.2) is 0 Å². The zero-order valence-electron chi connectivity index (χ0n) is 14.9. The van der Waals surface area contributed by atoms with Crippen LogP contribution in [0, 0.1) is 17.0 Å². The average Bonchev–Trinajstić information content (AvgIpc) is 2.65. The van der Waals surface area contributed by atoms with Gasteiger partial charge in [0.1, 0.15) is 6.10 Å². The molecule has 27 heavy (non-hydrogen) atoms. The topological polar surface area (TPSA) is 111 Å². The van der Waals surface area contributed by atoms with Crippen LogP contribution in [0.15, 0.2) is 47.5 Å². The molecular weight excluding hydrogens is 370 g/mol. The van der Waals surface area contributed by atoms with Crippen molar-refractivity contribution in [3.63, 3.8) is 0 Å². The minimum Gasteiger partial charge on any atom is -0.474 e. The summed E-state index contributed by atoms with van der Waals surface area (Å²) in [5.41, 5.74) is 0.808. The van der Waals surface area contributed by atoms with Gasteiger partial charge in [-0.2, -0.15) is 0 Å². The van der Waals surface area contributed by atoms with Gasteiger partial charge >= 0.3 is 0 Å². The molecule has 0 atom stereocenters. The first kappa shape index (κ1) is 19.2. The van der Waals surface area contributed by atoms with Gasteiger partial charge in [-0.1, -0.05) is 12.1 Å². The Kier molecular flexibility index (Phi) is 5.71. The Bertz CT molecular complexity index is 907. The number of non-ortho nitro benzene ring substituents is 1. The van der Waals surface area contributed by atoms with E-state index in [1.807, 2.05) is 19.1 Å². The van der Waals surface area contributed by atoms with E-state index in [0.717, 1.165) is 11.6 Å². The van der Waals surface area contributed by atoms with E-state index in [2.05, 4.69) is 9.71 Å². The number of nitro benzene ring substituents is 1. The Balaban J connectivity index is 1.57. The summed E-state index contributed by atoms with van der Waals surface area (Å²) in [7, 11) is -3.80. The predicted molar refractivity (Wildman–Crippen MR) is 99.1 cm³/mol. The van der Waals surface area contributed by atoms with Crippen molar-refractivity contribution in [2.45, 2.75) is 49.6 Å². The number of aromatic nitrogens is 1. The number of ether oxygens (including phenoxy) is 1. The average molecular weight is 391 g/mol. The lowest BCUT2D eigenvalue weighted by Crippen LogP contribution is -2.39. The van der Waals surface area contributed by atoms with Gasteiger partial charge in [-0.15, -0.1) is 0 Å². The number of hydrogen-bond acceptors (Lipinski definition) is 6. The zero-order chi connectivity index (χ0) is 19.4. The van der Waals surface area contributed by atoms with Crippen LogP contribution < -0.4 is 9.46 Å². The number of rotatable bonds is 6. The molecule has 0 spiro atoms. The van der Waals surface area contributed by atoms with Crippen molar-refractivity contribution in [2.75, 3.05) is 0 Å². The monoisotopic (exact) mass is 391 g/mol. The molecule has 2 aromatic rings. The van der Waals surface area contributed by atoms with E-state index in [1.54, 1.807) is 6.20 Å². The van der Waals surface area contributed by atoms with Crippen molar-refractivity contribution in [1.82, 2.24) is 9.71 Å². The van der Waals surface area contributed by atoms with E-state index in [4.69, 9.17) is 4.74 Å². The number of nitro groups is 1. The molecule has 1 aliphatic rings. The molecule has 1 aromatic carbocycles. The summed E-state index contributed by atoms with van der Waals surface area (Å²) >= 11 is 0. The highest BCUT2D eigenvalue weighted by Crippen LogP contribution is 2.25. The molecule has 9 heteroatoms. The van der Waals surface area contributed by atoms with Gasteiger partial charge in [-0.3, -0.25) is 10.1 Å². The standard InChI is InChI=1S/C18H21N3O5S/c1-13-5-10-18(19-12-13)26-16-8-6-14(7-9-16)20-27(24,25)17-4-2-3-15(11-17)21(22)23/h2-5,10-12,14,16,20H,6-9H2,1H3. The van der Waals surface area contributed by atoms with E-state index in [-0.39, 0.29) is 22.7 Å². The van der Waals surface area contributed by atoms with Crippen molar-refractivity contribution in [3.8, 4) is 5.88 Å². The van der Waals surface area contributed by atoms with Crippen LogP contribution in [0.3, 0.4) is 0 Å². The summed E-state index contributed by atoms with van der Waals surface area (Å²) in [5.74, 6) is 0.571. The molecule has 144 valence electrons. The fraction of sp³-hybridized carbons (Fsp3) is 0.389. The third kappa shape index (κ3) is 5.01. The van der Waals surface area contributed by atoms with Crippen molar-refractivity contribution in [3.05, 3.63) is 58.3 Å². The maximum Gasteiger partial charge on any atom is 0.270 e. The molecule has 1 N–H and O–H groups in total. The van der Waals surface area contributed by atoms with Gasteiger partial charge in [0.2, 0.25) is 15.9 Å². The van der Waals surface area contributed by atoms with E-state index in [9.17, 15) is 18.5 Å².